The lowest BCUT2D eigenvalue weighted by molar-refractivity contribution is -0.139. The zero-order valence-electron chi connectivity index (χ0n) is 11.6. The maximum Gasteiger partial charge on any atom is 0.326 e. The van der Waals surface area contributed by atoms with Crippen molar-refractivity contribution in [2.24, 2.45) is 0 Å². The molecular weight excluding hydrogens is 263 g/mol. The lowest BCUT2D eigenvalue weighted by Gasteiger charge is -2.15. The second-order valence-electron chi connectivity index (χ2n) is 4.61. The van der Waals surface area contributed by atoms with E-state index in [9.17, 15) is 14.0 Å². The Morgan fingerprint density at radius 3 is 2.70 bits per heavy atom. The molecule has 5 nitrogen and oxygen atoms in total. The molecule has 1 aromatic carbocycles. The summed E-state index contributed by atoms with van der Waals surface area (Å²) in [4.78, 5) is 22.7. The Morgan fingerprint density at radius 2 is 2.10 bits per heavy atom. The topological polar surface area (TPSA) is 78.4 Å². The lowest BCUT2D eigenvalue weighted by atomic mass is 10.1. The molecule has 6 heteroatoms. The van der Waals surface area contributed by atoms with Crippen molar-refractivity contribution >= 4 is 17.7 Å². The van der Waals surface area contributed by atoms with Gasteiger partial charge in [0.25, 0.3) is 0 Å². The molecule has 110 valence electrons. The smallest absolute Gasteiger partial charge is 0.326 e. The van der Waals surface area contributed by atoms with E-state index in [0.29, 0.717) is 12.8 Å². The van der Waals surface area contributed by atoms with Gasteiger partial charge in [-0.1, -0.05) is 25.8 Å². The van der Waals surface area contributed by atoms with Crippen LogP contribution < -0.4 is 10.6 Å². The molecule has 0 spiro atoms. The molecule has 0 aliphatic heterocycles. The zero-order valence-corrected chi connectivity index (χ0v) is 11.6. The number of carboxylic acid groups (broad SMARTS) is 1. The van der Waals surface area contributed by atoms with E-state index in [4.69, 9.17) is 5.11 Å². The molecule has 0 bridgehead atoms. The number of rotatable bonds is 6. The number of urea groups is 1. The van der Waals surface area contributed by atoms with Gasteiger partial charge in [-0.05, 0) is 31.0 Å². The Balaban J connectivity index is 2.65. The van der Waals surface area contributed by atoms with Gasteiger partial charge in [-0.2, -0.15) is 0 Å². The van der Waals surface area contributed by atoms with Crippen molar-refractivity contribution in [3.05, 3.63) is 29.6 Å². The van der Waals surface area contributed by atoms with Gasteiger partial charge in [0.15, 0.2) is 0 Å². The number of benzene rings is 1. The van der Waals surface area contributed by atoms with Crippen molar-refractivity contribution in [2.75, 3.05) is 5.32 Å². The number of hydrogen-bond donors (Lipinski definition) is 3. The number of hydrogen-bond acceptors (Lipinski definition) is 2. The van der Waals surface area contributed by atoms with Crippen LogP contribution in [0.15, 0.2) is 18.2 Å². The summed E-state index contributed by atoms with van der Waals surface area (Å²) in [6.45, 7) is 3.70. The van der Waals surface area contributed by atoms with Crippen LogP contribution in [0.4, 0.5) is 14.9 Å². The number of anilines is 1. The molecule has 0 aliphatic carbocycles. The molecule has 0 radical (unpaired) electrons. The third kappa shape index (κ3) is 4.87. The average molecular weight is 282 g/mol. The number of amides is 2. The second-order valence-corrected chi connectivity index (χ2v) is 4.61. The number of carbonyl (C=O) groups is 2. The number of carboxylic acids is 1. The summed E-state index contributed by atoms with van der Waals surface area (Å²) < 4.78 is 13.5. The van der Waals surface area contributed by atoms with Crippen LogP contribution in [0.5, 0.6) is 0 Å². The van der Waals surface area contributed by atoms with Gasteiger partial charge < -0.3 is 15.7 Å². The molecule has 0 heterocycles. The quantitative estimate of drug-likeness (QED) is 0.750. The largest absolute Gasteiger partial charge is 0.480 e. The normalized spacial score (nSPS) is 11.8. The summed E-state index contributed by atoms with van der Waals surface area (Å²) in [7, 11) is 0. The fourth-order valence-corrected chi connectivity index (χ4v) is 1.72. The van der Waals surface area contributed by atoms with Gasteiger partial charge in [0, 0.05) is 0 Å². The summed E-state index contributed by atoms with van der Waals surface area (Å²) in [5, 5.41) is 13.7. The van der Waals surface area contributed by atoms with Crippen LogP contribution in [0.2, 0.25) is 0 Å². The van der Waals surface area contributed by atoms with Gasteiger partial charge in [0.05, 0.1) is 5.69 Å². The fraction of sp³-hybridized carbons (Fsp3) is 0.429. The molecule has 3 N–H and O–H groups in total. The van der Waals surface area contributed by atoms with Crippen LogP contribution in [0, 0.1) is 12.7 Å². The van der Waals surface area contributed by atoms with Gasteiger partial charge in [0.2, 0.25) is 0 Å². The van der Waals surface area contributed by atoms with E-state index in [-0.39, 0.29) is 5.69 Å². The predicted molar refractivity (Wildman–Crippen MR) is 74.2 cm³/mol. The SMILES string of the molecule is CCCCC(NC(=O)Nc1cc(C)ccc1F)C(=O)O. The highest BCUT2D eigenvalue weighted by Crippen LogP contribution is 2.15. The summed E-state index contributed by atoms with van der Waals surface area (Å²) in [5.41, 5.74) is 0.824. The molecule has 1 unspecified atom stereocenters. The second kappa shape index (κ2) is 7.47. The molecule has 1 atom stereocenters. The summed E-state index contributed by atoms with van der Waals surface area (Å²) in [6.07, 6.45) is 1.87. The highest BCUT2D eigenvalue weighted by molar-refractivity contribution is 5.92. The van der Waals surface area contributed by atoms with Crippen molar-refractivity contribution in [1.82, 2.24) is 5.32 Å². The van der Waals surface area contributed by atoms with Gasteiger partial charge in [-0.15, -0.1) is 0 Å². The number of unbranched alkanes of at least 4 members (excludes halogenated alkanes) is 1. The minimum atomic E-state index is -1.10. The monoisotopic (exact) mass is 282 g/mol. The lowest BCUT2D eigenvalue weighted by Crippen LogP contribution is -2.43. The van der Waals surface area contributed by atoms with Crippen LogP contribution in [0.3, 0.4) is 0 Å². The molecule has 1 aromatic rings. The highest BCUT2D eigenvalue weighted by Gasteiger charge is 2.19. The number of halogens is 1. The van der Waals surface area contributed by atoms with Crippen LogP contribution in [-0.4, -0.2) is 23.1 Å². The van der Waals surface area contributed by atoms with Crippen LogP contribution in [-0.2, 0) is 4.79 Å². The summed E-state index contributed by atoms with van der Waals surface area (Å²) in [5.74, 6) is -1.66. The van der Waals surface area contributed by atoms with Crippen LogP contribution in [0.25, 0.3) is 0 Å². The summed E-state index contributed by atoms with van der Waals surface area (Å²) in [6, 6.07) is 2.62. The predicted octanol–water partition coefficient (Wildman–Crippen LogP) is 2.90. The van der Waals surface area contributed by atoms with Gasteiger partial charge in [0.1, 0.15) is 11.9 Å². The summed E-state index contributed by atoms with van der Waals surface area (Å²) >= 11 is 0. The third-order valence-electron chi connectivity index (χ3n) is 2.82. The average Bonchev–Trinajstić information content (AvgIpc) is 2.38. The van der Waals surface area contributed by atoms with Crippen LogP contribution in [0.1, 0.15) is 31.7 Å². The van der Waals surface area contributed by atoms with E-state index >= 15 is 0 Å². The van der Waals surface area contributed by atoms with Gasteiger partial charge in [-0.3, -0.25) is 0 Å². The highest BCUT2D eigenvalue weighted by atomic mass is 19.1. The molecule has 0 aliphatic rings. The first-order valence-electron chi connectivity index (χ1n) is 6.50. The minimum absolute atomic E-state index is 0.0298. The Morgan fingerprint density at radius 1 is 1.40 bits per heavy atom. The van der Waals surface area contributed by atoms with Crippen molar-refractivity contribution < 1.29 is 19.1 Å². The van der Waals surface area contributed by atoms with Gasteiger partial charge in [-0.25, -0.2) is 14.0 Å². The standard InChI is InChI=1S/C14H19FN2O3/c1-3-4-5-11(13(18)19)16-14(20)17-12-8-9(2)6-7-10(12)15/h6-8,11H,3-5H2,1-2H3,(H,18,19)(H2,16,17,20). The minimum Gasteiger partial charge on any atom is -0.480 e. The van der Waals surface area contributed by atoms with Crippen molar-refractivity contribution in [3.8, 4) is 0 Å². The van der Waals surface area contributed by atoms with Crippen molar-refractivity contribution in [2.45, 2.75) is 39.2 Å². The number of aliphatic carboxylic acids is 1. The molecule has 0 aromatic heterocycles. The van der Waals surface area contributed by atoms with E-state index in [2.05, 4.69) is 10.6 Å². The Hall–Kier alpha value is -2.11. The van der Waals surface area contributed by atoms with Crippen LogP contribution >= 0.6 is 0 Å². The van der Waals surface area contributed by atoms with Crippen molar-refractivity contribution in [1.29, 1.82) is 0 Å². The Labute approximate surface area is 117 Å². The van der Waals surface area contributed by atoms with E-state index in [1.54, 1.807) is 13.0 Å². The molecule has 0 saturated carbocycles. The fourth-order valence-electron chi connectivity index (χ4n) is 1.72. The van der Waals surface area contributed by atoms with E-state index in [1.807, 2.05) is 6.92 Å². The zero-order chi connectivity index (χ0) is 15.1. The van der Waals surface area contributed by atoms with E-state index in [0.717, 1.165) is 12.0 Å². The number of nitrogens with one attached hydrogen (secondary N) is 2. The maximum absolute atomic E-state index is 13.5. The molecule has 2 amide bonds. The first-order valence-corrected chi connectivity index (χ1v) is 6.50. The Bertz CT molecular complexity index is 491. The first-order chi connectivity index (χ1) is 9.43. The molecule has 1 rings (SSSR count). The molecule has 20 heavy (non-hydrogen) atoms. The molecule has 0 saturated heterocycles. The Kier molecular flexibility index (Phi) is 5.96. The number of carbonyl (C=O) groups excluding carboxylic acids is 1. The molecule has 0 fully saturated rings. The van der Waals surface area contributed by atoms with Gasteiger partial charge >= 0.3 is 12.0 Å². The third-order valence-corrected chi connectivity index (χ3v) is 2.82. The molecular formula is C14H19FN2O3. The van der Waals surface area contributed by atoms with Crippen molar-refractivity contribution in [3.63, 3.8) is 0 Å². The van der Waals surface area contributed by atoms with E-state index in [1.165, 1.54) is 12.1 Å². The maximum atomic E-state index is 13.5. The first kappa shape index (κ1) is 15.9. The van der Waals surface area contributed by atoms with E-state index < -0.39 is 23.9 Å². The number of aryl methyl sites for hydroxylation is 1.